The maximum Gasteiger partial charge on any atom is 0.119 e. The highest BCUT2D eigenvalue weighted by Crippen LogP contribution is 2.39. The van der Waals surface area contributed by atoms with Crippen molar-refractivity contribution in [3.8, 4) is 33.8 Å². The van der Waals surface area contributed by atoms with Gasteiger partial charge in [-0.2, -0.15) is 0 Å². The Morgan fingerprint density at radius 1 is 0.319 bits per heavy atom. The number of hydrogen-bond donors (Lipinski definition) is 0. The summed E-state index contributed by atoms with van der Waals surface area (Å²) in [6.07, 6.45) is 0. The largest absolute Gasteiger partial charge is 0.494 e. The minimum Gasteiger partial charge on any atom is -0.494 e. The summed E-state index contributed by atoms with van der Waals surface area (Å²) in [4.78, 5) is 4.43. The van der Waals surface area contributed by atoms with Gasteiger partial charge >= 0.3 is 0 Å². The van der Waals surface area contributed by atoms with Crippen LogP contribution in [0.3, 0.4) is 0 Å². The zero-order valence-corrected chi connectivity index (χ0v) is 41.3. The second-order valence-electron chi connectivity index (χ2n) is 16.1. The van der Waals surface area contributed by atoms with E-state index in [0.717, 1.165) is 50.6 Å². The summed E-state index contributed by atoms with van der Waals surface area (Å²) in [7, 11) is 0. The van der Waals surface area contributed by atoms with Crippen molar-refractivity contribution in [2.24, 2.45) is 0 Å². The molecular formula is C62H59Cl3N2O2. The monoisotopic (exact) mass is 968 g/mol. The van der Waals surface area contributed by atoms with Gasteiger partial charge in [-0.25, -0.2) is 0 Å². The van der Waals surface area contributed by atoms with Crippen molar-refractivity contribution < 1.29 is 9.47 Å². The number of anilines is 6. The van der Waals surface area contributed by atoms with Gasteiger partial charge in [0, 0.05) is 49.2 Å². The lowest BCUT2D eigenvalue weighted by Gasteiger charge is -2.26. The van der Waals surface area contributed by atoms with Crippen molar-refractivity contribution in [3.63, 3.8) is 0 Å². The Morgan fingerprint density at radius 2 is 0.609 bits per heavy atom. The predicted molar refractivity (Wildman–Crippen MR) is 298 cm³/mol. The first-order chi connectivity index (χ1) is 33.1. The van der Waals surface area contributed by atoms with Crippen LogP contribution in [0.25, 0.3) is 22.3 Å². The summed E-state index contributed by atoms with van der Waals surface area (Å²) in [5, 5.41) is 2.23. The van der Waals surface area contributed by atoms with Gasteiger partial charge in [-0.1, -0.05) is 138 Å². The van der Waals surface area contributed by atoms with E-state index in [1.807, 2.05) is 130 Å². The number of halogens is 3. The molecule has 0 N–H and O–H groups in total. The molecule has 69 heavy (non-hydrogen) atoms. The van der Waals surface area contributed by atoms with E-state index in [-0.39, 0.29) is 7.43 Å². The Balaban J connectivity index is 0.000000203. The lowest BCUT2D eigenvalue weighted by Crippen LogP contribution is -2.09. The van der Waals surface area contributed by atoms with Crippen LogP contribution in [0.4, 0.5) is 34.1 Å². The van der Waals surface area contributed by atoms with Crippen molar-refractivity contribution in [3.05, 3.63) is 250 Å². The first-order valence-electron chi connectivity index (χ1n) is 22.7. The van der Waals surface area contributed by atoms with Gasteiger partial charge in [-0.15, -0.1) is 0 Å². The average Bonchev–Trinajstić information content (AvgIpc) is 3.35. The van der Waals surface area contributed by atoms with Crippen LogP contribution in [0.5, 0.6) is 11.5 Å². The summed E-state index contributed by atoms with van der Waals surface area (Å²) in [5.74, 6) is 1.74. The summed E-state index contributed by atoms with van der Waals surface area (Å²) in [6.45, 7) is 11.6. The van der Waals surface area contributed by atoms with E-state index >= 15 is 0 Å². The van der Waals surface area contributed by atoms with E-state index in [1.54, 1.807) is 0 Å². The molecule has 7 heteroatoms. The molecule has 350 valence electrons. The molecule has 0 atom stereocenters. The minimum atomic E-state index is 0. The molecule has 0 bridgehead atoms. The van der Waals surface area contributed by atoms with Gasteiger partial charge in [0.05, 0.1) is 13.2 Å². The van der Waals surface area contributed by atoms with Crippen molar-refractivity contribution >= 4 is 68.9 Å². The zero-order valence-electron chi connectivity index (χ0n) is 39.0. The molecule has 9 rings (SSSR count). The Kier molecular flexibility index (Phi) is 19.0. The number of benzene rings is 9. The Bertz CT molecular complexity index is 2810. The van der Waals surface area contributed by atoms with Crippen LogP contribution in [0.15, 0.2) is 218 Å². The third-order valence-electron chi connectivity index (χ3n) is 10.9. The van der Waals surface area contributed by atoms with E-state index in [1.165, 1.54) is 38.9 Å². The number of aryl methyl sites for hydroxylation is 3. The summed E-state index contributed by atoms with van der Waals surface area (Å²) >= 11 is 17.7. The third kappa shape index (κ3) is 14.5. The highest BCUT2D eigenvalue weighted by Gasteiger charge is 2.15. The smallest absolute Gasteiger partial charge is 0.119 e. The molecule has 0 radical (unpaired) electrons. The molecular weight excluding hydrogens is 911 g/mol. The molecule has 0 saturated carbocycles. The van der Waals surface area contributed by atoms with E-state index in [0.29, 0.717) is 23.3 Å². The van der Waals surface area contributed by atoms with Crippen molar-refractivity contribution in [2.45, 2.75) is 42.0 Å². The Morgan fingerprint density at radius 3 is 0.884 bits per heavy atom. The van der Waals surface area contributed by atoms with Crippen molar-refractivity contribution in [1.82, 2.24) is 0 Å². The van der Waals surface area contributed by atoms with E-state index in [9.17, 15) is 0 Å². The fourth-order valence-electron chi connectivity index (χ4n) is 7.65. The molecule has 4 nitrogen and oxygen atoms in total. The molecule has 0 saturated heterocycles. The van der Waals surface area contributed by atoms with Gasteiger partial charge in [-0.3, -0.25) is 0 Å². The van der Waals surface area contributed by atoms with Crippen molar-refractivity contribution in [2.75, 3.05) is 23.0 Å². The molecule has 9 aromatic rings. The van der Waals surface area contributed by atoms with Crippen LogP contribution < -0.4 is 19.3 Å². The quantitative estimate of drug-likeness (QED) is 0.122. The molecule has 0 aliphatic rings. The second kappa shape index (κ2) is 25.4. The van der Waals surface area contributed by atoms with Gasteiger partial charge < -0.3 is 19.3 Å². The number of ether oxygens (including phenoxy) is 2. The number of rotatable bonds is 12. The first-order valence-corrected chi connectivity index (χ1v) is 23.8. The fourth-order valence-corrected chi connectivity index (χ4v) is 8.15. The van der Waals surface area contributed by atoms with E-state index in [2.05, 4.69) is 133 Å². The molecule has 0 spiro atoms. The van der Waals surface area contributed by atoms with E-state index < -0.39 is 0 Å². The van der Waals surface area contributed by atoms with Crippen LogP contribution in [0.2, 0.25) is 15.1 Å². The minimum absolute atomic E-state index is 0. The van der Waals surface area contributed by atoms with Gasteiger partial charge in [0.1, 0.15) is 11.5 Å². The van der Waals surface area contributed by atoms with Gasteiger partial charge in [-0.05, 0) is 196 Å². The van der Waals surface area contributed by atoms with Crippen LogP contribution in [0, 0.1) is 20.8 Å². The molecule has 0 heterocycles. The summed E-state index contributed by atoms with van der Waals surface area (Å²) in [6, 6.07) is 74.4. The standard InChI is InChI=1S/C34H31NO.C20H17Cl2NO.C7H7Cl.CH4/c1-4-36-34-21-19-33(20-22-34)35(31-15-11-27(12-16-31)29-9-5-7-25(2)23-29)32-17-13-28(14-18-32)30-10-6-8-26(3)24-30;1-2-24-20-13-11-19(12-14-20)23(17-7-3-15(21)4-8-17)18-9-5-16(22)6-10-18;1-6-3-2-4-7(8)5-6;/h5-24H,4H2,1-3H3;3-14H,2H2,1H3;2-5H,1H3;1H4. The predicted octanol–water partition coefficient (Wildman–Crippen LogP) is 19.7. The summed E-state index contributed by atoms with van der Waals surface area (Å²) < 4.78 is 11.2. The summed E-state index contributed by atoms with van der Waals surface area (Å²) in [5.41, 5.74) is 15.0. The topological polar surface area (TPSA) is 24.9 Å². The Hall–Kier alpha value is -6.95. The maximum absolute atomic E-state index is 6.03. The maximum atomic E-state index is 6.03. The number of nitrogens with zero attached hydrogens (tertiary/aromatic N) is 2. The number of hydrogen-bond acceptors (Lipinski definition) is 4. The van der Waals surface area contributed by atoms with E-state index in [4.69, 9.17) is 44.3 Å². The lowest BCUT2D eigenvalue weighted by molar-refractivity contribution is 0.340. The SMILES string of the molecule is C.CCOc1ccc(N(c2ccc(-c3cccc(C)c3)cc2)c2ccc(-c3cccc(C)c3)cc2)cc1.CCOc1ccc(N(c2ccc(Cl)cc2)c2ccc(Cl)cc2)cc1.Cc1cccc(Cl)c1. The van der Waals surface area contributed by atoms with Crippen LogP contribution in [-0.2, 0) is 0 Å². The zero-order chi connectivity index (χ0) is 47.8. The van der Waals surface area contributed by atoms with Gasteiger partial charge in [0.15, 0.2) is 0 Å². The highest BCUT2D eigenvalue weighted by atomic mass is 35.5. The molecule has 0 fully saturated rings. The molecule has 9 aromatic carbocycles. The first kappa shape index (κ1) is 51.4. The molecule has 0 amide bonds. The average molecular weight is 971 g/mol. The molecule has 0 aliphatic carbocycles. The van der Waals surface area contributed by atoms with Gasteiger partial charge in [0.2, 0.25) is 0 Å². The third-order valence-corrected chi connectivity index (χ3v) is 11.7. The lowest BCUT2D eigenvalue weighted by atomic mass is 10.0. The Labute approximate surface area is 424 Å². The van der Waals surface area contributed by atoms with Crippen LogP contribution in [-0.4, -0.2) is 13.2 Å². The molecule has 0 aliphatic heterocycles. The van der Waals surface area contributed by atoms with Gasteiger partial charge in [0.25, 0.3) is 0 Å². The molecule has 0 aromatic heterocycles. The highest BCUT2D eigenvalue weighted by molar-refractivity contribution is 6.31. The normalized spacial score (nSPS) is 10.3. The molecule has 0 unspecified atom stereocenters. The fraction of sp³-hybridized carbons (Fsp3) is 0.129. The second-order valence-corrected chi connectivity index (χ2v) is 17.4. The van der Waals surface area contributed by atoms with Crippen molar-refractivity contribution in [1.29, 1.82) is 0 Å². The van der Waals surface area contributed by atoms with Crippen LogP contribution in [0.1, 0.15) is 38.0 Å². The van der Waals surface area contributed by atoms with Crippen LogP contribution >= 0.6 is 34.8 Å².